The van der Waals surface area contributed by atoms with E-state index in [-0.39, 0.29) is 29.5 Å². The van der Waals surface area contributed by atoms with Crippen molar-refractivity contribution in [3.05, 3.63) is 53.7 Å². The van der Waals surface area contributed by atoms with Crippen LogP contribution in [0.1, 0.15) is 36.9 Å². The van der Waals surface area contributed by atoms with Gasteiger partial charge >= 0.3 is 0 Å². The number of sulfonamides is 1. The van der Waals surface area contributed by atoms with Gasteiger partial charge in [-0.25, -0.2) is 27.5 Å². The Morgan fingerprint density at radius 3 is 2.67 bits per heavy atom. The van der Waals surface area contributed by atoms with E-state index in [1.54, 1.807) is 6.07 Å². The maximum absolute atomic E-state index is 13.2. The zero-order valence-corrected chi connectivity index (χ0v) is 15.3. The third-order valence-corrected chi connectivity index (χ3v) is 5.72. The first kappa shape index (κ1) is 19.2. The first-order valence-corrected chi connectivity index (χ1v) is 10.2. The van der Waals surface area contributed by atoms with E-state index >= 15 is 0 Å². The number of benzene rings is 1. The predicted octanol–water partition coefficient (Wildman–Crippen LogP) is 2.30. The summed E-state index contributed by atoms with van der Waals surface area (Å²) < 4.78 is 46.3. The molecule has 1 aliphatic rings. The van der Waals surface area contributed by atoms with Crippen LogP contribution in [0, 0.1) is 17.1 Å². The summed E-state index contributed by atoms with van der Waals surface area (Å²) in [6.45, 7) is 0. The number of rotatable bonds is 6. The summed E-state index contributed by atoms with van der Waals surface area (Å²) in [5, 5.41) is 9.02. The van der Waals surface area contributed by atoms with Crippen LogP contribution in [0.4, 0.5) is 4.39 Å². The van der Waals surface area contributed by atoms with Gasteiger partial charge in [0.05, 0.1) is 5.75 Å². The summed E-state index contributed by atoms with van der Waals surface area (Å²) in [4.78, 5) is 7.93. The molecule has 1 saturated carbocycles. The van der Waals surface area contributed by atoms with Gasteiger partial charge in [0, 0.05) is 18.4 Å². The molecular formula is C18H19FN4O3S. The molecule has 1 fully saturated rings. The van der Waals surface area contributed by atoms with Gasteiger partial charge in [0.2, 0.25) is 15.7 Å². The second-order valence-corrected chi connectivity index (χ2v) is 8.17. The van der Waals surface area contributed by atoms with Crippen LogP contribution in [-0.2, 0) is 15.8 Å². The van der Waals surface area contributed by atoms with Crippen molar-refractivity contribution in [2.24, 2.45) is 0 Å². The van der Waals surface area contributed by atoms with Gasteiger partial charge in [0.1, 0.15) is 18.0 Å². The second-order valence-electron chi connectivity index (χ2n) is 6.42. The van der Waals surface area contributed by atoms with Crippen molar-refractivity contribution in [2.75, 3.05) is 0 Å². The van der Waals surface area contributed by atoms with Gasteiger partial charge in [0.15, 0.2) is 0 Å². The zero-order chi connectivity index (χ0) is 19.3. The Balaban J connectivity index is 1.52. The number of hydrogen-bond donors (Lipinski definition) is 1. The molecule has 9 heteroatoms. The number of nitrogens with one attached hydrogen (secondary N) is 1. The molecule has 2 aromatic rings. The lowest BCUT2D eigenvalue weighted by molar-refractivity contribution is 0.137. The van der Waals surface area contributed by atoms with Crippen molar-refractivity contribution < 1.29 is 17.5 Å². The van der Waals surface area contributed by atoms with Crippen molar-refractivity contribution >= 4 is 10.0 Å². The van der Waals surface area contributed by atoms with E-state index in [4.69, 9.17) is 10.00 Å². The summed E-state index contributed by atoms with van der Waals surface area (Å²) >= 11 is 0. The van der Waals surface area contributed by atoms with Gasteiger partial charge < -0.3 is 4.74 Å². The summed E-state index contributed by atoms with van der Waals surface area (Å²) in [5.74, 6) is -0.511. The van der Waals surface area contributed by atoms with E-state index < -0.39 is 15.8 Å². The predicted molar refractivity (Wildman–Crippen MR) is 95.6 cm³/mol. The van der Waals surface area contributed by atoms with Crippen LogP contribution in [0.5, 0.6) is 5.88 Å². The lowest BCUT2D eigenvalue weighted by Crippen LogP contribution is -2.40. The molecule has 1 N–H and O–H groups in total. The molecule has 142 valence electrons. The van der Waals surface area contributed by atoms with Crippen LogP contribution < -0.4 is 9.46 Å². The molecular weight excluding hydrogens is 371 g/mol. The highest BCUT2D eigenvalue weighted by molar-refractivity contribution is 7.88. The van der Waals surface area contributed by atoms with Crippen LogP contribution >= 0.6 is 0 Å². The van der Waals surface area contributed by atoms with Gasteiger partial charge in [0.25, 0.3) is 5.88 Å². The highest BCUT2D eigenvalue weighted by Gasteiger charge is 2.27. The van der Waals surface area contributed by atoms with Crippen LogP contribution in [0.3, 0.4) is 0 Å². The Morgan fingerprint density at radius 1 is 1.22 bits per heavy atom. The molecule has 0 aliphatic heterocycles. The molecule has 0 radical (unpaired) electrons. The van der Waals surface area contributed by atoms with E-state index in [0.717, 1.165) is 0 Å². The van der Waals surface area contributed by atoms with E-state index in [1.165, 1.54) is 30.6 Å². The van der Waals surface area contributed by atoms with E-state index in [2.05, 4.69) is 14.7 Å². The monoisotopic (exact) mass is 390 g/mol. The van der Waals surface area contributed by atoms with E-state index in [1.807, 2.05) is 6.07 Å². The first-order valence-electron chi connectivity index (χ1n) is 8.57. The molecule has 0 atom stereocenters. The Kier molecular flexibility index (Phi) is 5.98. The van der Waals surface area contributed by atoms with Gasteiger partial charge in [-0.15, -0.1) is 0 Å². The molecule has 0 bridgehead atoms. The number of hydrogen-bond acceptors (Lipinski definition) is 6. The van der Waals surface area contributed by atoms with Crippen LogP contribution in [0.15, 0.2) is 36.7 Å². The number of nitrogens with zero attached hydrogens (tertiary/aromatic N) is 3. The molecule has 1 aliphatic carbocycles. The maximum Gasteiger partial charge on any atom is 0.251 e. The molecule has 1 heterocycles. The minimum Gasteiger partial charge on any atom is -0.472 e. The smallest absolute Gasteiger partial charge is 0.251 e. The van der Waals surface area contributed by atoms with Gasteiger partial charge in [-0.2, -0.15) is 5.26 Å². The van der Waals surface area contributed by atoms with Crippen molar-refractivity contribution in [3.8, 4) is 11.9 Å². The standard InChI is InChI=1S/C18H19FN4O3S/c19-14-3-1-2-13(10-14)12-27(24,25)23-15-4-6-16(7-5-15)26-18-17(11-20)21-8-9-22-18/h1-3,8-10,15-16,23H,4-7,12H2. The fourth-order valence-corrected chi connectivity index (χ4v) is 4.53. The zero-order valence-electron chi connectivity index (χ0n) is 14.5. The molecule has 27 heavy (non-hydrogen) atoms. The maximum atomic E-state index is 13.2. The average Bonchev–Trinajstić information content (AvgIpc) is 2.63. The van der Waals surface area contributed by atoms with E-state index in [0.29, 0.717) is 31.2 Å². The summed E-state index contributed by atoms with van der Waals surface area (Å²) in [6, 6.07) is 7.31. The number of halogens is 1. The number of nitriles is 1. The average molecular weight is 390 g/mol. The molecule has 0 saturated heterocycles. The van der Waals surface area contributed by atoms with Crippen LogP contribution in [0.2, 0.25) is 0 Å². The molecule has 0 spiro atoms. The van der Waals surface area contributed by atoms with Crippen molar-refractivity contribution in [2.45, 2.75) is 43.6 Å². The summed E-state index contributed by atoms with van der Waals surface area (Å²) in [5.41, 5.74) is 0.543. The van der Waals surface area contributed by atoms with E-state index in [9.17, 15) is 12.8 Å². The Morgan fingerprint density at radius 2 is 1.96 bits per heavy atom. The Bertz CT molecular complexity index is 938. The molecule has 0 amide bonds. The lowest BCUT2D eigenvalue weighted by Gasteiger charge is -2.29. The molecule has 1 aromatic carbocycles. The summed E-state index contributed by atoms with van der Waals surface area (Å²) in [7, 11) is -3.56. The van der Waals surface area contributed by atoms with Crippen molar-refractivity contribution in [3.63, 3.8) is 0 Å². The third-order valence-electron chi connectivity index (χ3n) is 4.32. The fourth-order valence-electron chi connectivity index (χ4n) is 3.09. The summed E-state index contributed by atoms with van der Waals surface area (Å²) in [6.07, 6.45) is 5.23. The lowest BCUT2D eigenvalue weighted by atomic mass is 9.94. The Hall–Kier alpha value is -2.57. The second kappa shape index (κ2) is 8.41. The number of aromatic nitrogens is 2. The van der Waals surface area contributed by atoms with Gasteiger partial charge in [-0.1, -0.05) is 12.1 Å². The molecule has 1 aromatic heterocycles. The Labute approximate surface area is 157 Å². The minimum absolute atomic E-state index is 0.135. The minimum atomic E-state index is -3.56. The topological polar surface area (TPSA) is 105 Å². The SMILES string of the molecule is N#Cc1nccnc1OC1CCC(NS(=O)(=O)Cc2cccc(F)c2)CC1. The van der Waals surface area contributed by atoms with Gasteiger partial charge in [-0.3, -0.25) is 0 Å². The normalized spacial score (nSPS) is 20.0. The third kappa shape index (κ3) is 5.45. The van der Waals surface area contributed by atoms with Crippen molar-refractivity contribution in [1.82, 2.24) is 14.7 Å². The quantitative estimate of drug-likeness (QED) is 0.811. The fraction of sp³-hybridized carbons (Fsp3) is 0.389. The highest BCUT2D eigenvalue weighted by atomic mass is 32.2. The molecule has 3 rings (SSSR count). The van der Waals surface area contributed by atoms with Crippen molar-refractivity contribution in [1.29, 1.82) is 5.26 Å². The van der Waals surface area contributed by atoms with Gasteiger partial charge in [-0.05, 0) is 43.4 Å². The number of ether oxygens (including phenoxy) is 1. The highest BCUT2D eigenvalue weighted by Crippen LogP contribution is 2.24. The largest absolute Gasteiger partial charge is 0.472 e. The van der Waals surface area contributed by atoms with Crippen LogP contribution in [0.25, 0.3) is 0 Å². The first-order chi connectivity index (χ1) is 12.9. The molecule has 0 unspecified atom stereocenters. The molecule has 7 nitrogen and oxygen atoms in total. The van der Waals surface area contributed by atoms with Crippen LogP contribution in [-0.4, -0.2) is 30.5 Å².